The number of aliphatic hydroxyl groups excluding tert-OH is 2. The average molecular weight is 744 g/mol. The van der Waals surface area contributed by atoms with Crippen LogP contribution in [0.2, 0.25) is 0 Å². The topological polar surface area (TPSA) is 322 Å². The molecule has 4 aromatic heterocycles. The van der Waals surface area contributed by atoms with Crippen molar-refractivity contribution >= 4 is 49.7 Å². The molecule has 4 fully saturated rings. The molecular weight excluding hydrogens is 712 g/mol. The summed E-state index contributed by atoms with van der Waals surface area (Å²) in [4.78, 5) is 46.1. The van der Waals surface area contributed by atoms with Gasteiger partial charge in [-0.3, -0.25) is 37.0 Å². The van der Waals surface area contributed by atoms with Gasteiger partial charge in [0.2, 0.25) is 5.95 Å². The van der Waals surface area contributed by atoms with Gasteiger partial charge in [-0.2, -0.15) is 4.98 Å². The van der Waals surface area contributed by atoms with Crippen LogP contribution in [0.25, 0.3) is 22.3 Å². The highest BCUT2D eigenvalue weighted by Crippen LogP contribution is 2.58. The lowest BCUT2D eigenvalue weighted by atomic mass is 10.1. The molecule has 6 unspecified atom stereocenters. The van der Waals surface area contributed by atoms with Crippen LogP contribution in [0.4, 0.5) is 11.8 Å². The molecule has 8 heterocycles. The van der Waals surface area contributed by atoms with Gasteiger partial charge >= 0.3 is 15.6 Å². The van der Waals surface area contributed by atoms with Crippen molar-refractivity contribution in [3.8, 4) is 0 Å². The Labute approximate surface area is 279 Å². The fraction of sp³-hybridized carbons (Fsp3) is 0.583. The molecule has 50 heavy (non-hydrogen) atoms. The van der Waals surface area contributed by atoms with E-state index in [-0.39, 0.29) is 60.4 Å². The van der Waals surface area contributed by atoms with E-state index in [9.17, 15) is 29.0 Å². The zero-order chi connectivity index (χ0) is 34.9. The van der Waals surface area contributed by atoms with Crippen LogP contribution in [0.5, 0.6) is 0 Å². The number of fused-ring (bicyclic) bond motifs is 5. The van der Waals surface area contributed by atoms with Crippen molar-refractivity contribution in [2.24, 2.45) is 0 Å². The SMILES string of the molecule is Nc1nc2c(ncn2[C@@H]2O[C@@H]3COP(=O)(O)OC4C(O)[C@H](n5cnc6c(N)ncnc65)O[C@@H]4COP(=O)(N4CCOCC4)OC2C3O)c(=O)[nH]1. The van der Waals surface area contributed by atoms with E-state index in [1.807, 2.05) is 0 Å². The van der Waals surface area contributed by atoms with Gasteiger partial charge in [0.1, 0.15) is 48.5 Å². The Morgan fingerprint density at radius 2 is 1.54 bits per heavy atom. The van der Waals surface area contributed by atoms with Crippen molar-refractivity contribution in [3.63, 3.8) is 0 Å². The third-order valence-corrected chi connectivity index (χ3v) is 11.7. The first-order valence-electron chi connectivity index (χ1n) is 15.2. The van der Waals surface area contributed by atoms with Gasteiger partial charge in [-0.25, -0.2) is 33.7 Å². The van der Waals surface area contributed by atoms with Gasteiger partial charge in [0, 0.05) is 13.1 Å². The standard InChI is InChI=1S/C24H31N11O13P2/c25-18-12-19(28-7-27-18)34(8-29-12)22-15(37)16-11(46-22)6-43-49(39,33-1-3-42-4-2-33)47-17-14(36)10(5-44-50(40,41)48-16)45-23(17)35-9-30-13-20(35)31-24(26)32-21(13)38/h7-11,14-17,22-23,36-37H,1-6H2,(H,40,41)(H2,25,27,28)(H3,26,31,32,38)/t10-,11-,14?,15?,16?,17?,22-,23-,49?/m1/s1. The zero-order valence-corrected chi connectivity index (χ0v) is 27.4. The van der Waals surface area contributed by atoms with Gasteiger partial charge in [0.15, 0.2) is 35.1 Å². The number of anilines is 2. The summed E-state index contributed by atoms with van der Waals surface area (Å²) in [5, 5.41) is 22.9. The number of imidazole rings is 2. The summed E-state index contributed by atoms with van der Waals surface area (Å²) in [6, 6.07) is 0. The first-order chi connectivity index (χ1) is 23.9. The van der Waals surface area contributed by atoms with Crippen LogP contribution >= 0.6 is 15.6 Å². The number of ether oxygens (including phenoxy) is 3. The van der Waals surface area contributed by atoms with Crippen molar-refractivity contribution in [2.75, 3.05) is 51.0 Å². The van der Waals surface area contributed by atoms with E-state index in [0.717, 1.165) is 0 Å². The molecule has 0 amide bonds. The van der Waals surface area contributed by atoms with Crippen LogP contribution in [0, 0.1) is 0 Å². The van der Waals surface area contributed by atoms with E-state index in [2.05, 4.69) is 29.9 Å². The van der Waals surface area contributed by atoms with Crippen LogP contribution in [-0.2, 0) is 41.4 Å². The lowest BCUT2D eigenvalue weighted by Crippen LogP contribution is -2.41. The van der Waals surface area contributed by atoms with Gasteiger partial charge in [-0.1, -0.05) is 0 Å². The van der Waals surface area contributed by atoms with Crippen molar-refractivity contribution in [1.82, 2.24) is 43.7 Å². The Hall–Kier alpha value is -3.48. The normalized spacial score (nSPS) is 37.3. The third-order valence-electron chi connectivity index (χ3n) is 8.66. The Morgan fingerprint density at radius 1 is 0.840 bits per heavy atom. The molecule has 0 spiro atoms. The zero-order valence-electron chi connectivity index (χ0n) is 25.6. The molecule has 4 aliphatic rings. The molecule has 0 aliphatic carbocycles. The number of aromatic nitrogens is 8. The number of nitrogens with one attached hydrogen (secondary N) is 1. The maximum atomic E-state index is 14.9. The van der Waals surface area contributed by atoms with Gasteiger partial charge in [0.25, 0.3) is 5.56 Å². The van der Waals surface area contributed by atoms with Crippen LogP contribution in [0.1, 0.15) is 12.5 Å². The summed E-state index contributed by atoms with van der Waals surface area (Å²) < 4.78 is 72.6. The molecule has 0 radical (unpaired) electrons. The number of aromatic amines is 1. The fourth-order valence-corrected chi connectivity index (χ4v) is 9.09. The molecule has 0 aromatic carbocycles. The molecule has 4 aliphatic heterocycles. The van der Waals surface area contributed by atoms with Crippen molar-refractivity contribution in [2.45, 2.75) is 49.1 Å². The van der Waals surface area contributed by atoms with Crippen molar-refractivity contribution in [3.05, 3.63) is 29.3 Å². The summed E-state index contributed by atoms with van der Waals surface area (Å²) in [6.07, 6.45) is -8.26. The molecule has 10 atom stereocenters. The van der Waals surface area contributed by atoms with Gasteiger partial charge < -0.3 is 40.8 Å². The highest BCUT2D eigenvalue weighted by molar-refractivity contribution is 7.51. The third kappa shape index (κ3) is 5.81. The number of aliphatic hydroxyl groups is 2. The largest absolute Gasteiger partial charge is 0.472 e. The quantitative estimate of drug-likeness (QED) is 0.124. The molecule has 2 bridgehead atoms. The minimum Gasteiger partial charge on any atom is -0.387 e. The second-order valence-electron chi connectivity index (χ2n) is 11.7. The molecule has 4 aromatic rings. The van der Waals surface area contributed by atoms with Crippen LogP contribution < -0.4 is 17.0 Å². The van der Waals surface area contributed by atoms with Crippen molar-refractivity contribution < 1.29 is 56.5 Å². The lowest BCUT2D eigenvalue weighted by molar-refractivity contribution is -0.0676. The number of phosphoric ester groups is 1. The maximum absolute atomic E-state index is 14.9. The highest BCUT2D eigenvalue weighted by atomic mass is 31.2. The highest BCUT2D eigenvalue weighted by Gasteiger charge is 2.55. The maximum Gasteiger partial charge on any atom is 0.472 e. The number of hydrogen-bond acceptors (Lipinski definition) is 19. The molecule has 8 rings (SSSR count). The van der Waals surface area contributed by atoms with Gasteiger partial charge in [0.05, 0.1) is 39.1 Å². The van der Waals surface area contributed by atoms with Gasteiger partial charge in [-0.15, -0.1) is 0 Å². The van der Waals surface area contributed by atoms with E-state index >= 15 is 0 Å². The molecule has 4 saturated heterocycles. The Bertz CT molecular complexity index is 2070. The number of nitrogens with two attached hydrogens (primary N) is 2. The number of phosphoric acid groups is 1. The molecule has 24 nitrogen and oxygen atoms in total. The second-order valence-corrected chi connectivity index (χ2v) is 15.1. The van der Waals surface area contributed by atoms with E-state index in [4.69, 9.17) is 43.8 Å². The first-order valence-corrected chi connectivity index (χ1v) is 18.2. The fourth-order valence-electron chi connectivity index (χ4n) is 6.24. The van der Waals surface area contributed by atoms with Crippen LogP contribution in [0.3, 0.4) is 0 Å². The molecule has 8 N–H and O–H groups in total. The number of H-pyrrole nitrogens is 1. The summed E-state index contributed by atoms with van der Waals surface area (Å²) in [7, 11) is -9.52. The van der Waals surface area contributed by atoms with E-state index in [1.54, 1.807) is 0 Å². The number of nitrogens with zero attached hydrogens (tertiary/aromatic N) is 8. The number of nitrogen functional groups attached to an aromatic ring is 2. The Morgan fingerprint density at radius 3 is 2.32 bits per heavy atom. The summed E-state index contributed by atoms with van der Waals surface area (Å²) in [6.45, 7) is -0.879. The minimum atomic E-state index is -5.06. The second kappa shape index (κ2) is 12.6. The summed E-state index contributed by atoms with van der Waals surface area (Å²) in [5.41, 5.74) is 11.2. The first kappa shape index (κ1) is 33.7. The van der Waals surface area contributed by atoms with Gasteiger partial charge in [-0.05, 0) is 0 Å². The predicted octanol–water partition coefficient (Wildman–Crippen LogP) is -2.00. The minimum absolute atomic E-state index is 0.0562. The van der Waals surface area contributed by atoms with E-state index in [0.29, 0.717) is 0 Å². The lowest BCUT2D eigenvalue weighted by Gasteiger charge is -2.36. The van der Waals surface area contributed by atoms with E-state index < -0.39 is 83.4 Å². The number of morpholine rings is 1. The number of hydrogen-bond donors (Lipinski definition) is 6. The monoisotopic (exact) mass is 743 g/mol. The summed E-state index contributed by atoms with van der Waals surface area (Å²) >= 11 is 0. The van der Waals surface area contributed by atoms with E-state index in [1.165, 1.54) is 32.8 Å². The Kier molecular flexibility index (Phi) is 8.50. The van der Waals surface area contributed by atoms with Crippen LogP contribution in [0.15, 0.2) is 23.8 Å². The molecule has 0 saturated carbocycles. The smallest absolute Gasteiger partial charge is 0.387 e. The van der Waals surface area contributed by atoms with Crippen LogP contribution in [-0.4, -0.2) is 135 Å². The predicted molar refractivity (Wildman–Crippen MR) is 164 cm³/mol. The summed E-state index contributed by atoms with van der Waals surface area (Å²) in [5.74, 6) is -0.179. The average Bonchev–Trinajstić information content (AvgIpc) is 3.85. The molecule has 270 valence electrons. The molecule has 26 heteroatoms. The number of rotatable bonds is 3. The molecular formula is C24H31N11O13P2. The van der Waals surface area contributed by atoms with Crippen molar-refractivity contribution in [1.29, 1.82) is 0 Å². The Balaban J connectivity index is 1.17.